The van der Waals surface area contributed by atoms with E-state index in [9.17, 15) is 9.59 Å². The molecule has 25 heavy (non-hydrogen) atoms. The fourth-order valence-electron chi connectivity index (χ4n) is 2.17. The van der Waals surface area contributed by atoms with Crippen LogP contribution in [-0.4, -0.2) is 25.3 Å². The average Bonchev–Trinajstić information content (AvgIpc) is 3.39. The molecule has 0 aromatic heterocycles. The van der Waals surface area contributed by atoms with E-state index >= 15 is 0 Å². The number of ether oxygens (including phenoxy) is 2. The molecular formula is C18H19N3O4. The van der Waals surface area contributed by atoms with Crippen molar-refractivity contribution in [1.29, 1.82) is 0 Å². The molecule has 2 aromatic rings. The Labute approximate surface area is 145 Å². The van der Waals surface area contributed by atoms with Crippen LogP contribution in [0.1, 0.15) is 12.8 Å². The predicted octanol–water partition coefficient (Wildman–Crippen LogP) is 3.59. The number of hydrogen-bond donors (Lipinski definition) is 3. The molecule has 7 heteroatoms. The lowest BCUT2D eigenvalue weighted by molar-refractivity contribution is 0.215. The molecule has 0 saturated heterocycles. The summed E-state index contributed by atoms with van der Waals surface area (Å²) in [4.78, 5) is 23.7. The summed E-state index contributed by atoms with van der Waals surface area (Å²) in [5.74, 6) is 0.954. The minimum absolute atomic E-state index is 0.263. The van der Waals surface area contributed by atoms with Gasteiger partial charge < -0.3 is 20.1 Å². The standard InChI is InChI=1S/C18H19N3O4/c1-24-15-6-2-5-14(10-15)21-18(23)25-16-7-3-4-13(11-16)20-17(22)19-12-8-9-12/h2-7,10-12H,8-9H2,1H3,(H,21,23)(H2,19,20,22). The number of rotatable bonds is 5. The summed E-state index contributed by atoms with van der Waals surface area (Å²) in [5, 5.41) is 8.16. The summed E-state index contributed by atoms with van der Waals surface area (Å²) in [5.41, 5.74) is 1.10. The van der Waals surface area contributed by atoms with E-state index in [1.165, 1.54) is 0 Å². The van der Waals surface area contributed by atoms with Gasteiger partial charge in [0.05, 0.1) is 7.11 Å². The number of benzene rings is 2. The van der Waals surface area contributed by atoms with Crippen LogP contribution in [0.25, 0.3) is 0 Å². The van der Waals surface area contributed by atoms with Crippen molar-refractivity contribution < 1.29 is 19.1 Å². The number of hydrogen-bond acceptors (Lipinski definition) is 4. The second-order valence-corrected chi connectivity index (χ2v) is 5.65. The van der Waals surface area contributed by atoms with Gasteiger partial charge in [0, 0.05) is 29.5 Å². The van der Waals surface area contributed by atoms with Gasteiger partial charge >= 0.3 is 12.1 Å². The lowest BCUT2D eigenvalue weighted by atomic mass is 10.3. The van der Waals surface area contributed by atoms with Gasteiger partial charge in [0.15, 0.2) is 0 Å². The first-order valence-corrected chi connectivity index (χ1v) is 7.93. The summed E-state index contributed by atoms with van der Waals surface area (Å²) in [7, 11) is 1.55. The molecular weight excluding hydrogens is 322 g/mol. The molecule has 3 amide bonds. The van der Waals surface area contributed by atoms with Crippen LogP contribution in [0, 0.1) is 0 Å². The molecule has 130 valence electrons. The molecule has 0 bridgehead atoms. The first-order valence-electron chi connectivity index (χ1n) is 7.93. The Balaban J connectivity index is 1.56. The van der Waals surface area contributed by atoms with Crippen LogP contribution in [0.4, 0.5) is 21.0 Å². The summed E-state index contributed by atoms with van der Waals surface area (Å²) in [6.45, 7) is 0. The van der Waals surface area contributed by atoms with Crippen molar-refractivity contribution in [1.82, 2.24) is 5.32 Å². The van der Waals surface area contributed by atoms with E-state index in [4.69, 9.17) is 9.47 Å². The number of nitrogens with one attached hydrogen (secondary N) is 3. The third-order valence-electron chi connectivity index (χ3n) is 3.53. The largest absolute Gasteiger partial charge is 0.497 e. The number of carbonyl (C=O) groups is 2. The highest BCUT2D eigenvalue weighted by molar-refractivity contribution is 5.90. The summed E-state index contributed by atoms with van der Waals surface area (Å²) >= 11 is 0. The van der Waals surface area contributed by atoms with E-state index in [0.29, 0.717) is 22.9 Å². The van der Waals surface area contributed by atoms with Crippen LogP contribution in [0.2, 0.25) is 0 Å². The maximum absolute atomic E-state index is 12.0. The molecule has 0 unspecified atom stereocenters. The first kappa shape index (κ1) is 16.6. The lowest BCUT2D eigenvalue weighted by Gasteiger charge is -2.10. The first-order chi connectivity index (χ1) is 12.1. The van der Waals surface area contributed by atoms with E-state index in [1.54, 1.807) is 55.6 Å². The highest BCUT2D eigenvalue weighted by atomic mass is 16.6. The van der Waals surface area contributed by atoms with E-state index in [0.717, 1.165) is 12.8 Å². The topological polar surface area (TPSA) is 88.7 Å². The van der Waals surface area contributed by atoms with E-state index in [2.05, 4.69) is 16.0 Å². The molecule has 1 aliphatic carbocycles. The fourth-order valence-corrected chi connectivity index (χ4v) is 2.17. The van der Waals surface area contributed by atoms with Gasteiger partial charge in [0.25, 0.3) is 0 Å². The highest BCUT2D eigenvalue weighted by Gasteiger charge is 2.23. The van der Waals surface area contributed by atoms with Crippen molar-refractivity contribution in [2.45, 2.75) is 18.9 Å². The number of urea groups is 1. The second kappa shape index (κ2) is 7.57. The Morgan fingerprint density at radius 1 is 0.960 bits per heavy atom. The number of amides is 3. The summed E-state index contributed by atoms with van der Waals surface area (Å²) in [6, 6.07) is 13.6. The van der Waals surface area contributed by atoms with Crippen molar-refractivity contribution in [2.24, 2.45) is 0 Å². The van der Waals surface area contributed by atoms with E-state index in [-0.39, 0.29) is 12.1 Å². The molecule has 7 nitrogen and oxygen atoms in total. The van der Waals surface area contributed by atoms with Gasteiger partial charge in [-0.3, -0.25) is 5.32 Å². The third kappa shape index (κ3) is 5.13. The molecule has 1 fully saturated rings. The minimum atomic E-state index is -0.632. The maximum atomic E-state index is 12.0. The lowest BCUT2D eigenvalue weighted by Crippen LogP contribution is -2.30. The van der Waals surface area contributed by atoms with Crippen molar-refractivity contribution in [3.8, 4) is 11.5 Å². The Kier molecular flexibility index (Phi) is 5.03. The SMILES string of the molecule is COc1cccc(NC(=O)Oc2cccc(NC(=O)NC3CC3)c2)c1. The van der Waals surface area contributed by atoms with E-state index < -0.39 is 6.09 Å². The molecule has 3 N–H and O–H groups in total. The number of methoxy groups -OCH3 is 1. The Morgan fingerprint density at radius 2 is 1.60 bits per heavy atom. The third-order valence-corrected chi connectivity index (χ3v) is 3.53. The van der Waals surface area contributed by atoms with Gasteiger partial charge in [-0.05, 0) is 37.1 Å². The molecule has 1 saturated carbocycles. The molecule has 3 rings (SSSR count). The predicted molar refractivity (Wildman–Crippen MR) is 94.3 cm³/mol. The summed E-state index contributed by atoms with van der Waals surface area (Å²) in [6.07, 6.45) is 1.40. The molecule has 0 radical (unpaired) electrons. The zero-order chi connectivity index (χ0) is 17.6. The molecule has 0 aliphatic heterocycles. The quantitative estimate of drug-likeness (QED) is 0.775. The van der Waals surface area contributed by atoms with Crippen molar-refractivity contribution in [2.75, 3.05) is 17.7 Å². The minimum Gasteiger partial charge on any atom is -0.497 e. The van der Waals surface area contributed by atoms with Gasteiger partial charge in [-0.15, -0.1) is 0 Å². The van der Waals surface area contributed by atoms with Crippen LogP contribution < -0.4 is 25.4 Å². The Bertz CT molecular complexity index is 774. The average molecular weight is 341 g/mol. The van der Waals surface area contributed by atoms with Crippen LogP contribution in [0.15, 0.2) is 48.5 Å². The Morgan fingerprint density at radius 3 is 2.28 bits per heavy atom. The molecule has 0 heterocycles. The molecule has 0 atom stereocenters. The normalized spacial score (nSPS) is 12.8. The monoisotopic (exact) mass is 341 g/mol. The van der Waals surface area contributed by atoms with Crippen molar-refractivity contribution in [3.63, 3.8) is 0 Å². The van der Waals surface area contributed by atoms with Gasteiger partial charge in [0.1, 0.15) is 11.5 Å². The van der Waals surface area contributed by atoms with Crippen LogP contribution in [-0.2, 0) is 0 Å². The number of anilines is 2. The maximum Gasteiger partial charge on any atom is 0.417 e. The highest BCUT2D eigenvalue weighted by Crippen LogP contribution is 2.21. The van der Waals surface area contributed by atoms with Crippen molar-refractivity contribution >= 4 is 23.5 Å². The molecule has 2 aromatic carbocycles. The zero-order valence-corrected chi connectivity index (χ0v) is 13.7. The van der Waals surface area contributed by atoms with Gasteiger partial charge in [0.2, 0.25) is 0 Å². The van der Waals surface area contributed by atoms with Gasteiger partial charge in [-0.2, -0.15) is 0 Å². The van der Waals surface area contributed by atoms with Crippen LogP contribution in [0.5, 0.6) is 11.5 Å². The summed E-state index contributed by atoms with van der Waals surface area (Å²) < 4.78 is 10.3. The van der Waals surface area contributed by atoms with Crippen LogP contribution in [0.3, 0.4) is 0 Å². The molecule has 1 aliphatic rings. The van der Waals surface area contributed by atoms with Gasteiger partial charge in [-0.25, -0.2) is 9.59 Å². The van der Waals surface area contributed by atoms with E-state index in [1.807, 2.05) is 0 Å². The smallest absolute Gasteiger partial charge is 0.417 e. The number of carbonyl (C=O) groups excluding carboxylic acids is 2. The second-order valence-electron chi connectivity index (χ2n) is 5.65. The molecule has 0 spiro atoms. The van der Waals surface area contributed by atoms with Crippen molar-refractivity contribution in [3.05, 3.63) is 48.5 Å². The van der Waals surface area contributed by atoms with Crippen LogP contribution >= 0.6 is 0 Å². The zero-order valence-electron chi connectivity index (χ0n) is 13.7. The fraction of sp³-hybridized carbons (Fsp3) is 0.222. The Hall–Kier alpha value is -3.22. The van der Waals surface area contributed by atoms with Gasteiger partial charge in [-0.1, -0.05) is 12.1 Å².